The summed E-state index contributed by atoms with van der Waals surface area (Å²) in [7, 11) is 0. The Morgan fingerprint density at radius 3 is 2.52 bits per heavy atom. The second-order valence-corrected chi connectivity index (χ2v) is 6.09. The second kappa shape index (κ2) is 7.55. The van der Waals surface area contributed by atoms with E-state index in [4.69, 9.17) is 5.26 Å². The minimum Gasteiger partial charge on any atom is -0.325 e. The van der Waals surface area contributed by atoms with Crippen LogP contribution in [0.15, 0.2) is 28.7 Å². The summed E-state index contributed by atoms with van der Waals surface area (Å²) in [5, 5.41) is 11.8. The Kier molecular flexibility index (Phi) is 5.74. The van der Waals surface area contributed by atoms with Crippen LogP contribution >= 0.6 is 15.9 Å². The summed E-state index contributed by atoms with van der Waals surface area (Å²) in [6.45, 7) is 5.61. The van der Waals surface area contributed by atoms with Crippen molar-refractivity contribution in [2.45, 2.75) is 13.0 Å². The SMILES string of the molecule is CC(C#N)N1CCN(CC(=O)Nc2ccc(Br)cc2)CC1. The van der Waals surface area contributed by atoms with Gasteiger partial charge in [0.1, 0.15) is 0 Å². The predicted molar refractivity (Wildman–Crippen MR) is 85.9 cm³/mol. The summed E-state index contributed by atoms with van der Waals surface area (Å²) in [6.07, 6.45) is 0. The van der Waals surface area contributed by atoms with Crippen molar-refractivity contribution in [2.75, 3.05) is 38.0 Å². The molecular weight excluding hydrogens is 332 g/mol. The van der Waals surface area contributed by atoms with Crippen molar-refractivity contribution in [3.63, 3.8) is 0 Å². The van der Waals surface area contributed by atoms with Crippen LogP contribution in [-0.2, 0) is 4.79 Å². The van der Waals surface area contributed by atoms with Gasteiger partial charge >= 0.3 is 0 Å². The minimum atomic E-state index is -0.0521. The van der Waals surface area contributed by atoms with Crippen molar-refractivity contribution in [1.29, 1.82) is 5.26 Å². The number of rotatable bonds is 4. The highest BCUT2D eigenvalue weighted by Gasteiger charge is 2.21. The number of hydrogen-bond acceptors (Lipinski definition) is 4. The molecule has 1 aromatic carbocycles. The molecule has 0 radical (unpaired) electrons. The van der Waals surface area contributed by atoms with Crippen LogP contribution in [-0.4, -0.2) is 54.5 Å². The molecule has 112 valence electrons. The van der Waals surface area contributed by atoms with Crippen LogP contribution in [0, 0.1) is 11.3 Å². The van der Waals surface area contributed by atoms with Crippen LogP contribution in [0.25, 0.3) is 0 Å². The smallest absolute Gasteiger partial charge is 0.238 e. The Labute approximate surface area is 133 Å². The number of carbonyl (C=O) groups excluding carboxylic acids is 1. The van der Waals surface area contributed by atoms with E-state index >= 15 is 0 Å². The number of halogens is 1. The molecule has 1 heterocycles. The van der Waals surface area contributed by atoms with Crippen LogP contribution in [0.5, 0.6) is 0 Å². The lowest BCUT2D eigenvalue weighted by Crippen LogP contribution is -2.50. The second-order valence-electron chi connectivity index (χ2n) is 5.17. The normalized spacial score (nSPS) is 18.0. The van der Waals surface area contributed by atoms with Gasteiger partial charge in [-0.2, -0.15) is 5.26 Å². The highest BCUT2D eigenvalue weighted by atomic mass is 79.9. The molecule has 1 fully saturated rings. The zero-order valence-electron chi connectivity index (χ0n) is 12.1. The maximum atomic E-state index is 12.0. The third-order valence-electron chi connectivity index (χ3n) is 3.64. The van der Waals surface area contributed by atoms with Crippen molar-refractivity contribution in [2.24, 2.45) is 0 Å². The van der Waals surface area contributed by atoms with Crippen molar-refractivity contribution >= 4 is 27.5 Å². The molecule has 0 bridgehead atoms. The van der Waals surface area contributed by atoms with E-state index in [0.29, 0.717) is 6.54 Å². The summed E-state index contributed by atoms with van der Waals surface area (Å²) in [4.78, 5) is 16.3. The number of anilines is 1. The molecule has 5 nitrogen and oxygen atoms in total. The molecule has 0 aromatic heterocycles. The largest absolute Gasteiger partial charge is 0.325 e. The third kappa shape index (κ3) is 4.81. The van der Waals surface area contributed by atoms with Crippen LogP contribution < -0.4 is 5.32 Å². The molecular formula is C15H19BrN4O. The van der Waals surface area contributed by atoms with Gasteiger partial charge in [0.25, 0.3) is 0 Å². The molecule has 6 heteroatoms. The van der Waals surface area contributed by atoms with Gasteiger partial charge in [0.2, 0.25) is 5.91 Å². The Bertz CT molecular complexity index is 517. The van der Waals surface area contributed by atoms with Gasteiger partial charge in [-0.15, -0.1) is 0 Å². The molecule has 0 aliphatic carbocycles. The lowest BCUT2D eigenvalue weighted by atomic mass is 10.2. The van der Waals surface area contributed by atoms with Gasteiger partial charge in [0, 0.05) is 36.3 Å². The molecule has 1 amide bonds. The lowest BCUT2D eigenvalue weighted by Gasteiger charge is -2.35. The molecule has 1 aliphatic rings. The maximum Gasteiger partial charge on any atom is 0.238 e. The summed E-state index contributed by atoms with van der Waals surface area (Å²) < 4.78 is 0.989. The highest BCUT2D eigenvalue weighted by Crippen LogP contribution is 2.14. The van der Waals surface area contributed by atoms with Gasteiger partial charge in [-0.25, -0.2) is 0 Å². The fraction of sp³-hybridized carbons (Fsp3) is 0.467. The van der Waals surface area contributed by atoms with Crippen molar-refractivity contribution in [3.05, 3.63) is 28.7 Å². The standard InChI is InChI=1S/C15H19BrN4O/c1-12(10-17)20-8-6-19(7-9-20)11-15(21)18-14-4-2-13(16)3-5-14/h2-5,12H,6-9,11H2,1H3,(H,18,21). The molecule has 2 rings (SSSR count). The van der Waals surface area contributed by atoms with Crippen LogP contribution in [0.4, 0.5) is 5.69 Å². The van der Waals surface area contributed by atoms with E-state index in [9.17, 15) is 4.79 Å². The van der Waals surface area contributed by atoms with E-state index in [2.05, 4.69) is 37.1 Å². The van der Waals surface area contributed by atoms with Gasteiger partial charge < -0.3 is 5.32 Å². The first-order valence-electron chi connectivity index (χ1n) is 7.00. The fourth-order valence-electron chi connectivity index (χ4n) is 2.33. The summed E-state index contributed by atoms with van der Waals surface area (Å²) >= 11 is 3.37. The van der Waals surface area contributed by atoms with Crippen LogP contribution in [0.3, 0.4) is 0 Å². The van der Waals surface area contributed by atoms with E-state index in [0.717, 1.165) is 36.3 Å². The molecule has 21 heavy (non-hydrogen) atoms. The Hall–Kier alpha value is -1.42. The first-order chi connectivity index (χ1) is 10.1. The average molecular weight is 351 g/mol. The number of carbonyl (C=O) groups is 1. The molecule has 1 unspecified atom stereocenters. The van der Waals surface area contributed by atoms with E-state index in [1.54, 1.807) is 0 Å². The fourth-order valence-corrected chi connectivity index (χ4v) is 2.59. The van der Waals surface area contributed by atoms with E-state index in [1.807, 2.05) is 31.2 Å². The van der Waals surface area contributed by atoms with E-state index in [1.165, 1.54) is 0 Å². The van der Waals surface area contributed by atoms with Gasteiger partial charge in [-0.3, -0.25) is 14.6 Å². The molecule has 1 aromatic rings. The van der Waals surface area contributed by atoms with Crippen LogP contribution in [0.1, 0.15) is 6.92 Å². The maximum absolute atomic E-state index is 12.0. The molecule has 1 aliphatic heterocycles. The Morgan fingerprint density at radius 2 is 1.95 bits per heavy atom. The quantitative estimate of drug-likeness (QED) is 0.901. The molecule has 1 atom stereocenters. The monoisotopic (exact) mass is 350 g/mol. The topological polar surface area (TPSA) is 59.4 Å². The molecule has 1 saturated heterocycles. The zero-order valence-corrected chi connectivity index (χ0v) is 13.6. The number of benzene rings is 1. The average Bonchev–Trinajstić information content (AvgIpc) is 2.49. The van der Waals surface area contributed by atoms with Crippen molar-refractivity contribution < 1.29 is 4.79 Å². The zero-order chi connectivity index (χ0) is 15.2. The van der Waals surface area contributed by atoms with Crippen molar-refractivity contribution in [1.82, 2.24) is 9.80 Å². The third-order valence-corrected chi connectivity index (χ3v) is 4.17. The van der Waals surface area contributed by atoms with Gasteiger partial charge in [0.15, 0.2) is 0 Å². The number of piperazine rings is 1. The highest BCUT2D eigenvalue weighted by molar-refractivity contribution is 9.10. The van der Waals surface area contributed by atoms with Gasteiger partial charge in [0.05, 0.1) is 18.7 Å². The minimum absolute atomic E-state index is 0.000830. The van der Waals surface area contributed by atoms with E-state index in [-0.39, 0.29) is 11.9 Å². The Morgan fingerprint density at radius 1 is 1.33 bits per heavy atom. The van der Waals surface area contributed by atoms with Crippen molar-refractivity contribution in [3.8, 4) is 6.07 Å². The predicted octanol–water partition coefficient (Wildman–Crippen LogP) is 1.92. The number of nitrogens with one attached hydrogen (secondary N) is 1. The molecule has 0 saturated carbocycles. The first kappa shape index (κ1) is 16.0. The summed E-state index contributed by atoms with van der Waals surface area (Å²) in [5.41, 5.74) is 0.805. The number of amides is 1. The summed E-state index contributed by atoms with van der Waals surface area (Å²) in [5.74, 6) is -0.000830. The number of nitriles is 1. The van der Waals surface area contributed by atoms with E-state index < -0.39 is 0 Å². The molecule has 1 N–H and O–H groups in total. The van der Waals surface area contributed by atoms with Gasteiger partial charge in [-0.05, 0) is 31.2 Å². The van der Waals surface area contributed by atoms with Crippen LogP contribution in [0.2, 0.25) is 0 Å². The molecule has 0 spiro atoms. The van der Waals surface area contributed by atoms with Gasteiger partial charge in [-0.1, -0.05) is 15.9 Å². The summed E-state index contributed by atoms with van der Waals surface area (Å²) in [6, 6.07) is 9.74. The number of nitrogens with zero attached hydrogens (tertiary/aromatic N) is 3. The lowest BCUT2D eigenvalue weighted by molar-refractivity contribution is -0.117. The number of hydrogen-bond donors (Lipinski definition) is 1. The first-order valence-corrected chi connectivity index (χ1v) is 7.79. The Balaban J connectivity index is 1.77.